The zero-order valence-corrected chi connectivity index (χ0v) is 12.7. The molecule has 0 spiro atoms. The van der Waals surface area contributed by atoms with E-state index in [1.54, 1.807) is 7.05 Å². The minimum absolute atomic E-state index is 0.0655. The summed E-state index contributed by atoms with van der Waals surface area (Å²) in [5.74, 6) is -0.650. The van der Waals surface area contributed by atoms with E-state index in [2.05, 4.69) is 10.6 Å². The van der Waals surface area contributed by atoms with Crippen LogP contribution < -0.4 is 10.6 Å². The van der Waals surface area contributed by atoms with Gasteiger partial charge in [-0.3, -0.25) is 9.59 Å². The first kappa shape index (κ1) is 18.9. The number of carboxylic acids is 1. The van der Waals surface area contributed by atoms with Crippen molar-refractivity contribution in [3.8, 4) is 0 Å². The van der Waals surface area contributed by atoms with Gasteiger partial charge in [0.05, 0.1) is 6.54 Å². The van der Waals surface area contributed by atoms with Crippen molar-refractivity contribution in [2.24, 2.45) is 0 Å². The molecule has 0 bridgehead atoms. The van der Waals surface area contributed by atoms with Crippen molar-refractivity contribution in [1.82, 2.24) is 10.6 Å². The molecule has 0 aromatic heterocycles. The number of aliphatic carboxylic acids is 1. The number of amides is 1. The third-order valence-corrected chi connectivity index (χ3v) is 3.31. The summed E-state index contributed by atoms with van der Waals surface area (Å²) in [5.41, 5.74) is 0. The maximum atomic E-state index is 11.0. The molecule has 0 radical (unpaired) electrons. The van der Waals surface area contributed by atoms with Crippen LogP contribution in [-0.4, -0.2) is 37.1 Å². The number of carbonyl (C=O) groups excluding carboxylic acids is 1. The van der Waals surface area contributed by atoms with Crippen LogP contribution in [0.25, 0.3) is 0 Å². The monoisotopic (exact) mass is 286 g/mol. The number of hydrogen-bond donors (Lipinski definition) is 3. The maximum absolute atomic E-state index is 11.0. The lowest BCUT2D eigenvalue weighted by Gasteiger charge is -2.03. The van der Waals surface area contributed by atoms with Crippen molar-refractivity contribution < 1.29 is 14.7 Å². The number of carbonyl (C=O) groups is 2. The topological polar surface area (TPSA) is 78.4 Å². The molecule has 0 aromatic rings. The van der Waals surface area contributed by atoms with Crippen LogP contribution in [0.3, 0.4) is 0 Å². The number of nitrogens with one attached hydrogen (secondary N) is 2. The van der Waals surface area contributed by atoms with Gasteiger partial charge in [-0.05, 0) is 19.4 Å². The molecule has 0 atom stereocenters. The first-order valence-electron chi connectivity index (χ1n) is 7.80. The Balaban J connectivity index is 3.03. The van der Waals surface area contributed by atoms with E-state index in [9.17, 15) is 9.59 Å². The Kier molecular flexibility index (Phi) is 13.5. The second kappa shape index (κ2) is 14.3. The lowest BCUT2D eigenvalue weighted by Crippen LogP contribution is -2.23. The normalized spacial score (nSPS) is 10.4. The van der Waals surface area contributed by atoms with E-state index >= 15 is 0 Å². The Labute approximate surface area is 122 Å². The summed E-state index contributed by atoms with van der Waals surface area (Å²) < 4.78 is 0. The minimum Gasteiger partial charge on any atom is -0.480 e. The molecular weight excluding hydrogens is 256 g/mol. The largest absolute Gasteiger partial charge is 0.480 e. The first-order chi connectivity index (χ1) is 9.66. The molecule has 0 rings (SSSR count). The van der Waals surface area contributed by atoms with Gasteiger partial charge in [-0.15, -0.1) is 0 Å². The fraction of sp³-hybridized carbons (Fsp3) is 0.867. The molecule has 0 aliphatic rings. The third kappa shape index (κ3) is 15.0. The molecule has 0 aliphatic heterocycles. The van der Waals surface area contributed by atoms with Crippen molar-refractivity contribution in [1.29, 1.82) is 0 Å². The van der Waals surface area contributed by atoms with Crippen molar-refractivity contribution >= 4 is 11.9 Å². The Hall–Kier alpha value is -1.10. The predicted molar refractivity (Wildman–Crippen MR) is 80.7 cm³/mol. The zero-order valence-electron chi connectivity index (χ0n) is 12.7. The van der Waals surface area contributed by atoms with Gasteiger partial charge in [0, 0.05) is 13.5 Å². The molecule has 0 aromatic carbocycles. The first-order valence-corrected chi connectivity index (χ1v) is 7.80. The van der Waals surface area contributed by atoms with Crippen molar-refractivity contribution in [3.05, 3.63) is 0 Å². The van der Waals surface area contributed by atoms with Gasteiger partial charge in [-0.25, -0.2) is 0 Å². The van der Waals surface area contributed by atoms with Gasteiger partial charge in [-0.1, -0.05) is 44.9 Å². The van der Waals surface area contributed by atoms with E-state index in [1.807, 2.05) is 0 Å². The highest BCUT2D eigenvalue weighted by atomic mass is 16.4. The molecule has 5 heteroatoms. The molecule has 0 unspecified atom stereocenters. The molecular formula is C15H30N2O3. The SMILES string of the molecule is CNC(=O)CCCCCCCCCCCNCC(=O)O. The molecule has 118 valence electrons. The molecule has 0 saturated carbocycles. The molecule has 0 saturated heterocycles. The van der Waals surface area contributed by atoms with E-state index in [4.69, 9.17) is 5.11 Å². The van der Waals surface area contributed by atoms with Crippen LogP contribution in [-0.2, 0) is 9.59 Å². The van der Waals surface area contributed by atoms with E-state index in [0.717, 1.165) is 25.8 Å². The van der Waals surface area contributed by atoms with Gasteiger partial charge < -0.3 is 15.7 Å². The second-order valence-corrected chi connectivity index (χ2v) is 5.18. The molecule has 1 amide bonds. The summed E-state index contributed by atoms with van der Waals surface area (Å²) in [4.78, 5) is 21.2. The van der Waals surface area contributed by atoms with Crippen molar-refractivity contribution in [2.45, 2.75) is 64.2 Å². The summed E-state index contributed by atoms with van der Waals surface area (Å²) in [6, 6.07) is 0. The predicted octanol–water partition coefficient (Wildman–Crippen LogP) is 2.31. The average Bonchev–Trinajstić information content (AvgIpc) is 2.43. The lowest BCUT2D eigenvalue weighted by atomic mass is 10.1. The summed E-state index contributed by atoms with van der Waals surface area (Å²) >= 11 is 0. The van der Waals surface area contributed by atoms with Crippen LogP contribution in [0.15, 0.2) is 0 Å². The second-order valence-electron chi connectivity index (χ2n) is 5.18. The quantitative estimate of drug-likeness (QED) is 0.428. The summed E-state index contributed by atoms with van der Waals surface area (Å²) in [6.45, 7) is 0.863. The van der Waals surface area contributed by atoms with E-state index in [0.29, 0.717) is 6.42 Å². The molecule has 0 fully saturated rings. The Bertz CT molecular complexity index is 258. The summed E-state index contributed by atoms with van der Waals surface area (Å²) in [7, 11) is 1.68. The minimum atomic E-state index is -0.790. The van der Waals surface area contributed by atoms with Crippen molar-refractivity contribution in [2.75, 3.05) is 20.1 Å². The van der Waals surface area contributed by atoms with Crippen LogP contribution in [0.2, 0.25) is 0 Å². The van der Waals surface area contributed by atoms with Gasteiger partial charge in [0.15, 0.2) is 0 Å². The number of unbranched alkanes of at least 4 members (excludes halogenated alkanes) is 8. The fourth-order valence-electron chi connectivity index (χ4n) is 2.09. The van der Waals surface area contributed by atoms with Crippen LogP contribution in [0.1, 0.15) is 64.2 Å². The van der Waals surface area contributed by atoms with Crippen LogP contribution >= 0.6 is 0 Å². The molecule has 20 heavy (non-hydrogen) atoms. The standard InChI is InChI=1S/C15H30N2O3/c1-16-14(18)11-9-7-5-3-2-4-6-8-10-12-17-13-15(19)20/h17H,2-13H2,1H3,(H,16,18)(H,19,20). The highest BCUT2D eigenvalue weighted by molar-refractivity contribution is 5.75. The molecule has 0 aliphatic carbocycles. The van der Waals surface area contributed by atoms with Gasteiger partial charge in [0.1, 0.15) is 0 Å². The highest BCUT2D eigenvalue weighted by Gasteiger charge is 1.98. The zero-order chi connectivity index (χ0) is 15.1. The molecule has 5 nitrogen and oxygen atoms in total. The van der Waals surface area contributed by atoms with Gasteiger partial charge in [-0.2, -0.15) is 0 Å². The third-order valence-electron chi connectivity index (χ3n) is 3.31. The Morgan fingerprint density at radius 2 is 1.35 bits per heavy atom. The fourth-order valence-corrected chi connectivity index (χ4v) is 2.09. The molecule has 3 N–H and O–H groups in total. The van der Waals surface area contributed by atoms with Gasteiger partial charge in [0.2, 0.25) is 5.91 Å². The number of hydrogen-bond acceptors (Lipinski definition) is 3. The Morgan fingerprint density at radius 1 is 0.850 bits per heavy atom. The maximum Gasteiger partial charge on any atom is 0.317 e. The average molecular weight is 286 g/mol. The van der Waals surface area contributed by atoms with E-state index < -0.39 is 5.97 Å². The summed E-state index contributed by atoms with van der Waals surface area (Å²) in [5, 5.41) is 14.0. The number of rotatable bonds is 14. The van der Waals surface area contributed by atoms with Crippen LogP contribution in [0, 0.1) is 0 Å². The molecule has 0 heterocycles. The van der Waals surface area contributed by atoms with Crippen molar-refractivity contribution in [3.63, 3.8) is 0 Å². The smallest absolute Gasteiger partial charge is 0.317 e. The van der Waals surface area contributed by atoms with Crippen LogP contribution in [0.5, 0.6) is 0 Å². The number of carboxylic acid groups (broad SMARTS) is 1. The van der Waals surface area contributed by atoms with Gasteiger partial charge >= 0.3 is 5.97 Å². The van der Waals surface area contributed by atoms with Gasteiger partial charge in [0.25, 0.3) is 0 Å². The highest BCUT2D eigenvalue weighted by Crippen LogP contribution is 2.10. The Morgan fingerprint density at radius 3 is 1.85 bits per heavy atom. The van der Waals surface area contributed by atoms with E-state index in [-0.39, 0.29) is 12.5 Å². The lowest BCUT2D eigenvalue weighted by molar-refractivity contribution is -0.136. The van der Waals surface area contributed by atoms with E-state index in [1.165, 1.54) is 38.5 Å². The van der Waals surface area contributed by atoms with Crippen LogP contribution in [0.4, 0.5) is 0 Å². The summed E-state index contributed by atoms with van der Waals surface area (Å²) in [6.07, 6.45) is 11.2.